The van der Waals surface area contributed by atoms with Gasteiger partial charge in [0.25, 0.3) is 5.91 Å². The number of ketones is 1. The molecule has 6 rings (SSSR count). The number of piperazine rings is 1. The summed E-state index contributed by atoms with van der Waals surface area (Å²) in [5.74, 6) is -0.883. The number of amides is 2. The molecule has 0 bridgehead atoms. The van der Waals surface area contributed by atoms with E-state index >= 15 is 0 Å². The number of hydrogen-bond donors (Lipinski definition) is 1. The van der Waals surface area contributed by atoms with Gasteiger partial charge in [-0.25, -0.2) is 4.98 Å². The topological polar surface area (TPSA) is 144 Å². The van der Waals surface area contributed by atoms with Gasteiger partial charge in [-0.2, -0.15) is 0 Å². The average molecular weight is 579 g/mol. The summed E-state index contributed by atoms with van der Waals surface area (Å²) >= 11 is 1.63. The molecule has 0 unspecified atom stereocenters. The Labute approximate surface area is 242 Å². The van der Waals surface area contributed by atoms with Crippen molar-refractivity contribution >= 4 is 34.1 Å². The molecule has 12 nitrogen and oxygen atoms in total. The summed E-state index contributed by atoms with van der Waals surface area (Å²) in [7, 11) is 2.13. The van der Waals surface area contributed by atoms with Gasteiger partial charge < -0.3 is 24.8 Å². The maximum absolute atomic E-state index is 13.9. The maximum Gasteiger partial charge on any atom is 0.251 e. The number of benzene rings is 1. The Morgan fingerprint density at radius 1 is 1.17 bits per heavy atom. The third-order valence-electron chi connectivity index (χ3n) is 8.77. The molecule has 0 spiro atoms. The van der Waals surface area contributed by atoms with Crippen molar-refractivity contribution in [3.63, 3.8) is 0 Å². The van der Waals surface area contributed by atoms with Crippen LogP contribution >= 0.6 is 11.3 Å². The lowest BCUT2D eigenvalue weighted by Gasteiger charge is -2.32. The molecule has 41 heavy (non-hydrogen) atoms. The predicted octanol–water partition coefficient (Wildman–Crippen LogP) is 2.71. The van der Waals surface area contributed by atoms with Crippen LogP contribution in [0.5, 0.6) is 0 Å². The van der Waals surface area contributed by atoms with Crippen LogP contribution in [-0.2, 0) is 14.3 Å². The molecule has 2 amide bonds. The normalized spacial score (nSPS) is 25.7. The first-order valence-electron chi connectivity index (χ1n) is 14.2. The minimum Gasteiger partial charge on any atom is -0.367 e. The molecule has 4 heterocycles. The van der Waals surface area contributed by atoms with Crippen LogP contribution in [0.3, 0.4) is 0 Å². The van der Waals surface area contributed by atoms with Crippen LogP contribution < -0.4 is 10.2 Å². The van der Waals surface area contributed by atoms with E-state index in [1.165, 1.54) is 4.90 Å². The fourth-order valence-corrected chi connectivity index (χ4v) is 7.32. The lowest BCUT2D eigenvalue weighted by molar-refractivity contribution is -0.139. The summed E-state index contributed by atoms with van der Waals surface area (Å²) in [6, 6.07) is 5.10. The zero-order valence-electron chi connectivity index (χ0n) is 23.0. The van der Waals surface area contributed by atoms with E-state index < -0.39 is 24.2 Å². The van der Waals surface area contributed by atoms with Gasteiger partial charge in [-0.3, -0.25) is 14.4 Å². The van der Waals surface area contributed by atoms with Gasteiger partial charge in [-0.15, -0.1) is 11.3 Å². The van der Waals surface area contributed by atoms with Crippen LogP contribution in [0.1, 0.15) is 36.0 Å². The van der Waals surface area contributed by atoms with E-state index in [9.17, 15) is 14.4 Å². The van der Waals surface area contributed by atoms with Gasteiger partial charge in [0, 0.05) is 54.1 Å². The fraction of sp³-hybridized carbons (Fsp3) is 0.571. The lowest BCUT2D eigenvalue weighted by Crippen LogP contribution is -2.54. The van der Waals surface area contributed by atoms with Crippen molar-refractivity contribution in [1.82, 2.24) is 20.1 Å². The molecule has 1 saturated carbocycles. The van der Waals surface area contributed by atoms with Crippen LogP contribution in [0.4, 0.5) is 5.13 Å². The molecule has 4 atom stereocenters. The van der Waals surface area contributed by atoms with E-state index in [1.54, 1.807) is 23.5 Å². The second-order valence-corrected chi connectivity index (χ2v) is 12.2. The zero-order chi connectivity index (χ0) is 28.5. The molecule has 2 aromatic rings. The average Bonchev–Trinajstić information content (AvgIpc) is 3.79. The first-order valence-corrected chi connectivity index (χ1v) is 15.1. The number of ether oxygens (including phenoxy) is 1. The summed E-state index contributed by atoms with van der Waals surface area (Å²) in [6.07, 6.45) is 2.97. The second kappa shape index (κ2) is 11.8. The molecular formula is C28H34N8O4S. The number of thiazole rings is 1. The van der Waals surface area contributed by atoms with Crippen LogP contribution in [0.25, 0.3) is 21.7 Å². The van der Waals surface area contributed by atoms with Crippen LogP contribution in [-0.4, -0.2) is 103 Å². The van der Waals surface area contributed by atoms with Gasteiger partial charge >= 0.3 is 0 Å². The molecule has 216 valence electrons. The Kier molecular flexibility index (Phi) is 7.94. The molecule has 13 heteroatoms. The standard InChI is InChI=1S/C28H34N8O4S/c1-34-10-12-35(13-11-34)28-30-21(16-41-28)17-6-8-19(9-7-17)26(38)31-23(18-4-2-3-5-18)27(39)36-14-20(32-33-29)25-24(36)22(37)15-40-25/h6-9,16,18,20,23-25H,2-5,10-15H2,1H3,(H,31,38)/t20-,23-,24+,25+/m0/s1. The van der Waals surface area contributed by atoms with Gasteiger partial charge in [0.15, 0.2) is 10.9 Å². The number of nitrogens with zero attached hydrogens (tertiary/aromatic N) is 7. The third-order valence-corrected chi connectivity index (χ3v) is 9.67. The van der Waals surface area contributed by atoms with E-state index in [0.717, 1.165) is 68.3 Å². The number of hydrogen-bond acceptors (Lipinski definition) is 9. The number of likely N-dealkylation sites (tertiary alicyclic amines) is 1. The summed E-state index contributed by atoms with van der Waals surface area (Å²) in [6.45, 7) is 3.92. The highest BCUT2D eigenvalue weighted by Crippen LogP contribution is 2.34. The first kappa shape index (κ1) is 27.6. The zero-order valence-corrected chi connectivity index (χ0v) is 23.8. The molecule has 0 radical (unpaired) electrons. The van der Waals surface area contributed by atoms with Crippen LogP contribution in [0.15, 0.2) is 34.8 Å². The summed E-state index contributed by atoms with van der Waals surface area (Å²) in [5, 5.41) is 9.82. The van der Waals surface area contributed by atoms with E-state index in [-0.39, 0.29) is 36.7 Å². The fourth-order valence-electron chi connectivity index (χ4n) is 6.43. The van der Waals surface area contributed by atoms with E-state index in [4.69, 9.17) is 15.3 Å². The number of azide groups is 1. The van der Waals surface area contributed by atoms with Crippen molar-refractivity contribution in [3.8, 4) is 11.3 Å². The van der Waals surface area contributed by atoms with Gasteiger partial charge in [-0.1, -0.05) is 30.1 Å². The molecule has 1 N–H and O–H groups in total. The Bertz CT molecular complexity index is 1350. The molecule has 1 aliphatic carbocycles. The highest BCUT2D eigenvalue weighted by Gasteiger charge is 2.53. The highest BCUT2D eigenvalue weighted by atomic mass is 32.1. The predicted molar refractivity (Wildman–Crippen MR) is 154 cm³/mol. The number of Topliss-reactive ketones (excluding diaryl/α,β-unsaturated/α-hetero) is 1. The van der Waals surface area contributed by atoms with Crippen molar-refractivity contribution in [2.75, 3.05) is 51.3 Å². The Morgan fingerprint density at radius 2 is 1.90 bits per heavy atom. The minimum absolute atomic E-state index is 0.0249. The quantitative estimate of drug-likeness (QED) is 0.302. The highest BCUT2D eigenvalue weighted by molar-refractivity contribution is 7.14. The van der Waals surface area contributed by atoms with Crippen LogP contribution in [0, 0.1) is 5.92 Å². The first-order chi connectivity index (χ1) is 19.9. The molecular weight excluding hydrogens is 544 g/mol. The lowest BCUT2D eigenvalue weighted by atomic mass is 9.95. The SMILES string of the molecule is CN1CCN(c2nc(-c3ccc(C(=O)N[C@H](C(=O)N4C[C@H](N=[N+]=[N-])[C@H]5OCC(=O)[C@H]54)C4CCCC4)cc3)cs2)CC1. The smallest absolute Gasteiger partial charge is 0.251 e. The Balaban J connectivity index is 1.16. The van der Waals surface area contributed by atoms with Gasteiger partial charge in [-0.05, 0) is 43.5 Å². The number of rotatable bonds is 7. The number of carbonyl (C=O) groups excluding carboxylic acids is 3. The largest absolute Gasteiger partial charge is 0.367 e. The van der Waals surface area contributed by atoms with Crippen molar-refractivity contribution in [1.29, 1.82) is 0 Å². The van der Waals surface area contributed by atoms with Crippen molar-refractivity contribution in [2.45, 2.75) is 49.9 Å². The van der Waals surface area contributed by atoms with Crippen molar-refractivity contribution in [2.24, 2.45) is 11.0 Å². The van der Waals surface area contributed by atoms with Crippen molar-refractivity contribution in [3.05, 3.63) is 45.7 Å². The number of carbonyl (C=O) groups is 3. The number of fused-ring (bicyclic) bond motifs is 1. The van der Waals surface area contributed by atoms with E-state index in [1.807, 2.05) is 17.5 Å². The summed E-state index contributed by atoms with van der Waals surface area (Å²) < 4.78 is 5.57. The summed E-state index contributed by atoms with van der Waals surface area (Å²) in [4.78, 5) is 53.7. The van der Waals surface area contributed by atoms with E-state index in [0.29, 0.717) is 5.56 Å². The Morgan fingerprint density at radius 3 is 2.61 bits per heavy atom. The minimum atomic E-state index is -0.785. The molecule has 1 aromatic carbocycles. The van der Waals surface area contributed by atoms with Crippen molar-refractivity contribution < 1.29 is 19.1 Å². The third kappa shape index (κ3) is 5.54. The second-order valence-electron chi connectivity index (χ2n) is 11.3. The summed E-state index contributed by atoms with van der Waals surface area (Å²) in [5.41, 5.74) is 11.2. The van der Waals surface area contributed by atoms with Gasteiger partial charge in [0.2, 0.25) is 5.91 Å². The number of anilines is 1. The number of aromatic nitrogens is 1. The van der Waals surface area contributed by atoms with Gasteiger partial charge in [0.05, 0.1) is 17.8 Å². The van der Waals surface area contributed by atoms with Gasteiger partial charge in [0.1, 0.15) is 18.7 Å². The molecule has 4 aliphatic rings. The number of likely N-dealkylation sites (N-methyl/N-ethyl adjacent to an activating group) is 1. The molecule has 4 fully saturated rings. The molecule has 1 aromatic heterocycles. The Hall–Kier alpha value is -3.51. The maximum atomic E-state index is 13.9. The van der Waals surface area contributed by atoms with E-state index in [2.05, 4.69) is 32.2 Å². The molecule has 3 aliphatic heterocycles. The number of nitrogens with one attached hydrogen (secondary N) is 1. The van der Waals surface area contributed by atoms with Crippen LogP contribution in [0.2, 0.25) is 0 Å². The monoisotopic (exact) mass is 578 g/mol. The molecule has 3 saturated heterocycles.